The van der Waals surface area contributed by atoms with E-state index in [9.17, 15) is 9.59 Å². The minimum absolute atomic E-state index is 0.163. The van der Waals surface area contributed by atoms with Crippen molar-refractivity contribution < 1.29 is 9.59 Å². The van der Waals surface area contributed by atoms with Gasteiger partial charge in [-0.05, 0) is 23.3 Å². The number of nitrogens with zero attached hydrogens (tertiary/aromatic N) is 1. The van der Waals surface area contributed by atoms with Crippen LogP contribution in [0.15, 0.2) is 84.9 Å². The zero-order chi connectivity index (χ0) is 21.2. The molecule has 0 aliphatic carbocycles. The second-order valence-electron chi connectivity index (χ2n) is 6.85. The summed E-state index contributed by atoms with van der Waals surface area (Å²) in [7, 11) is 0. The lowest BCUT2D eigenvalue weighted by molar-refractivity contribution is -0.126. The number of amides is 2. The number of hydrogen-bond donors (Lipinski definition) is 2. The van der Waals surface area contributed by atoms with Gasteiger partial charge in [0.15, 0.2) is 0 Å². The fraction of sp³-hybridized carbons (Fsp3) is 0.167. The largest absolute Gasteiger partial charge is 0.351 e. The van der Waals surface area contributed by atoms with Gasteiger partial charge in [0.1, 0.15) is 0 Å². The Morgan fingerprint density at radius 2 is 1.30 bits per heavy atom. The van der Waals surface area contributed by atoms with Gasteiger partial charge in [-0.1, -0.05) is 84.4 Å². The van der Waals surface area contributed by atoms with Crippen LogP contribution >= 0.6 is 11.6 Å². The van der Waals surface area contributed by atoms with Crippen molar-refractivity contribution in [2.45, 2.75) is 19.5 Å². The first-order valence-corrected chi connectivity index (χ1v) is 10.1. The molecule has 5 nitrogen and oxygen atoms in total. The monoisotopic (exact) mass is 421 g/mol. The first-order valence-electron chi connectivity index (χ1n) is 9.77. The molecule has 0 aromatic heterocycles. The highest BCUT2D eigenvalue weighted by Gasteiger charge is 2.13. The summed E-state index contributed by atoms with van der Waals surface area (Å²) in [5.41, 5.74) is 5.55. The fourth-order valence-corrected chi connectivity index (χ4v) is 3.23. The molecule has 0 saturated carbocycles. The SMILES string of the molecule is O=C(CCNC(=O)c1ccccc1Cl)NN(Cc1ccccc1)Cc1ccccc1. The van der Waals surface area contributed by atoms with Crippen LogP contribution in [-0.4, -0.2) is 23.4 Å². The smallest absolute Gasteiger partial charge is 0.252 e. The molecule has 30 heavy (non-hydrogen) atoms. The third kappa shape index (κ3) is 6.72. The van der Waals surface area contributed by atoms with Crippen molar-refractivity contribution in [3.8, 4) is 0 Å². The maximum absolute atomic E-state index is 12.5. The first-order chi connectivity index (χ1) is 14.6. The Kier molecular flexibility index (Phi) is 8.01. The molecule has 0 bridgehead atoms. The van der Waals surface area contributed by atoms with E-state index in [2.05, 4.69) is 10.7 Å². The van der Waals surface area contributed by atoms with E-state index in [1.165, 1.54) is 0 Å². The van der Waals surface area contributed by atoms with E-state index in [0.29, 0.717) is 23.7 Å². The van der Waals surface area contributed by atoms with Gasteiger partial charge in [-0.2, -0.15) is 0 Å². The van der Waals surface area contributed by atoms with Crippen LogP contribution in [-0.2, 0) is 17.9 Å². The zero-order valence-corrected chi connectivity index (χ0v) is 17.3. The Morgan fingerprint density at radius 1 is 0.767 bits per heavy atom. The molecule has 0 fully saturated rings. The number of nitrogens with one attached hydrogen (secondary N) is 2. The molecule has 2 N–H and O–H groups in total. The van der Waals surface area contributed by atoms with E-state index >= 15 is 0 Å². The first kappa shape index (κ1) is 21.6. The van der Waals surface area contributed by atoms with Gasteiger partial charge in [-0.15, -0.1) is 0 Å². The van der Waals surface area contributed by atoms with Gasteiger partial charge in [0.25, 0.3) is 5.91 Å². The van der Waals surface area contributed by atoms with E-state index in [1.807, 2.05) is 65.7 Å². The number of carbonyl (C=O) groups is 2. The van der Waals surface area contributed by atoms with Crippen LogP contribution in [0.1, 0.15) is 27.9 Å². The molecule has 0 aliphatic rings. The van der Waals surface area contributed by atoms with Gasteiger partial charge in [-0.25, -0.2) is 5.01 Å². The molecule has 0 heterocycles. The van der Waals surface area contributed by atoms with Crippen LogP contribution in [0.5, 0.6) is 0 Å². The molecule has 0 saturated heterocycles. The number of benzene rings is 3. The van der Waals surface area contributed by atoms with E-state index in [1.54, 1.807) is 24.3 Å². The number of halogens is 1. The number of hydrazine groups is 1. The van der Waals surface area contributed by atoms with Gasteiger partial charge < -0.3 is 5.32 Å². The molecular formula is C24H24ClN3O2. The Labute approximate surface area is 181 Å². The molecule has 6 heteroatoms. The van der Waals surface area contributed by atoms with Crippen LogP contribution < -0.4 is 10.7 Å². The van der Waals surface area contributed by atoms with Crippen LogP contribution in [0.4, 0.5) is 0 Å². The Bertz CT molecular complexity index is 923. The lowest BCUT2D eigenvalue weighted by atomic mass is 10.2. The van der Waals surface area contributed by atoms with E-state index < -0.39 is 0 Å². The molecule has 3 rings (SSSR count). The third-order valence-electron chi connectivity index (χ3n) is 4.47. The van der Waals surface area contributed by atoms with Crippen molar-refractivity contribution in [1.82, 2.24) is 15.8 Å². The zero-order valence-electron chi connectivity index (χ0n) is 16.6. The van der Waals surface area contributed by atoms with Crippen LogP contribution in [0.2, 0.25) is 5.02 Å². The standard InChI is InChI=1S/C24H24ClN3O2/c25-22-14-8-7-13-21(22)24(30)26-16-15-23(29)27-28(17-19-9-3-1-4-10-19)18-20-11-5-2-6-12-20/h1-14H,15-18H2,(H,26,30)(H,27,29). The van der Waals surface area contributed by atoms with Gasteiger partial charge >= 0.3 is 0 Å². The number of hydrogen-bond acceptors (Lipinski definition) is 3. The predicted molar refractivity (Wildman–Crippen MR) is 119 cm³/mol. The number of carbonyl (C=O) groups excluding carboxylic acids is 2. The lowest BCUT2D eigenvalue weighted by Gasteiger charge is -2.23. The quantitative estimate of drug-likeness (QED) is 0.509. The highest BCUT2D eigenvalue weighted by molar-refractivity contribution is 6.33. The van der Waals surface area contributed by atoms with Gasteiger partial charge in [0, 0.05) is 26.1 Å². The minimum Gasteiger partial charge on any atom is -0.351 e. The average Bonchev–Trinajstić information content (AvgIpc) is 2.75. The van der Waals surface area contributed by atoms with Gasteiger partial charge in [0.2, 0.25) is 5.91 Å². The molecule has 0 radical (unpaired) electrons. The van der Waals surface area contributed by atoms with Crippen molar-refractivity contribution in [3.63, 3.8) is 0 Å². The summed E-state index contributed by atoms with van der Waals surface area (Å²) in [4.78, 5) is 24.7. The predicted octanol–water partition coefficient (Wildman–Crippen LogP) is 4.19. The summed E-state index contributed by atoms with van der Waals surface area (Å²) in [5.74, 6) is -0.458. The van der Waals surface area contributed by atoms with E-state index in [-0.39, 0.29) is 24.8 Å². The van der Waals surface area contributed by atoms with Crippen molar-refractivity contribution in [1.29, 1.82) is 0 Å². The molecule has 0 unspecified atom stereocenters. The normalized spacial score (nSPS) is 10.6. The van der Waals surface area contributed by atoms with Gasteiger partial charge in [-0.3, -0.25) is 15.0 Å². The molecule has 3 aromatic carbocycles. The molecular weight excluding hydrogens is 398 g/mol. The van der Waals surface area contributed by atoms with Crippen molar-refractivity contribution in [3.05, 3.63) is 107 Å². The van der Waals surface area contributed by atoms with Crippen molar-refractivity contribution in [2.75, 3.05) is 6.54 Å². The molecule has 0 atom stereocenters. The average molecular weight is 422 g/mol. The molecule has 3 aromatic rings. The molecule has 0 spiro atoms. The second kappa shape index (κ2) is 11.1. The molecule has 154 valence electrons. The second-order valence-corrected chi connectivity index (χ2v) is 7.26. The summed E-state index contributed by atoms with van der Waals surface area (Å²) in [6, 6.07) is 26.7. The highest BCUT2D eigenvalue weighted by atomic mass is 35.5. The summed E-state index contributed by atoms with van der Waals surface area (Å²) in [5, 5.41) is 5.00. The summed E-state index contributed by atoms with van der Waals surface area (Å²) < 4.78 is 0. The highest BCUT2D eigenvalue weighted by Crippen LogP contribution is 2.14. The van der Waals surface area contributed by atoms with Crippen LogP contribution in [0.25, 0.3) is 0 Å². The molecule has 0 aliphatic heterocycles. The van der Waals surface area contributed by atoms with Crippen molar-refractivity contribution in [2.24, 2.45) is 0 Å². The van der Waals surface area contributed by atoms with Crippen LogP contribution in [0.3, 0.4) is 0 Å². The minimum atomic E-state index is -0.293. The van der Waals surface area contributed by atoms with E-state index in [0.717, 1.165) is 11.1 Å². The molecule has 2 amide bonds. The fourth-order valence-electron chi connectivity index (χ4n) is 3.00. The Balaban J connectivity index is 1.54. The Morgan fingerprint density at radius 3 is 1.87 bits per heavy atom. The summed E-state index contributed by atoms with van der Waals surface area (Å²) in [6.07, 6.45) is 0.163. The topological polar surface area (TPSA) is 61.4 Å². The summed E-state index contributed by atoms with van der Waals surface area (Å²) in [6.45, 7) is 1.38. The Hall–Kier alpha value is -3.15. The maximum atomic E-state index is 12.5. The van der Waals surface area contributed by atoms with Crippen LogP contribution in [0, 0.1) is 0 Å². The maximum Gasteiger partial charge on any atom is 0.252 e. The third-order valence-corrected chi connectivity index (χ3v) is 4.80. The summed E-state index contributed by atoms with van der Waals surface area (Å²) >= 11 is 6.04. The van der Waals surface area contributed by atoms with E-state index in [4.69, 9.17) is 11.6 Å². The van der Waals surface area contributed by atoms with Gasteiger partial charge in [0.05, 0.1) is 10.6 Å². The number of rotatable bonds is 9. The lowest BCUT2D eigenvalue weighted by Crippen LogP contribution is -2.42. The van der Waals surface area contributed by atoms with Crippen molar-refractivity contribution >= 4 is 23.4 Å².